The number of aromatic amines is 1. The molecule has 10 nitrogen and oxygen atoms in total. The van der Waals surface area contributed by atoms with Crippen LogP contribution < -0.4 is 20.7 Å². The molecule has 0 radical (unpaired) electrons. The normalized spacial score (nSPS) is 23.7. The molecule has 1 aliphatic heterocycles. The van der Waals surface area contributed by atoms with Crippen LogP contribution in [0.15, 0.2) is 36.8 Å². The van der Waals surface area contributed by atoms with Crippen molar-refractivity contribution in [1.82, 2.24) is 29.5 Å². The molecule has 4 N–H and O–H groups in total. The first-order valence-corrected chi connectivity index (χ1v) is 11.2. The Bertz CT molecular complexity index is 1610. The quantitative estimate of drug-likeness (QED) is 0.375. The number of fused-ring (bicyclic) bond motifs is 5. The van der Waals surface area contributed by atoms with Crippen LogP contribution in [0.3, 0.4) is 0 Å². The van der Waals surface area contributed by atoms with Crippen LogP contribution in [0.25, 0.3) is 27.6 Å². The molecule has 1 aromatic carbocycles. The number of ether oxygens (including phenoxy) is 1. The summed E-state index contributed by atoms with van der Waals surface area (Å²) in [6, 6.07) is 5.11. The van der Waals surface area contributed by atoms with E-state index in [1.807, 2.05) is 0 Å². The van der Waals surface area contributed by atoms with E-state index in [9.17, 15) is 4.39 Å². The number of benzene rings is 1. The molecule has 2 aliphatic rings. The third-order valence-corrected chi connectivity index (χ3v) is 7.23. The first-order chi connectivity index (χ1) is 16.4. The summed E-state index contributed by atoms with van der Waals surface area (Å²) in [6.07, 6.45) is 5.89. The Labute approximate surface area is 192 Å². The molecular weight excluding hydrogens is 437 g/mol. The molecule has 5 heterocycles. The molecule has 2 fully saturated rings. The highest BCUT2D eigenvalue weighted by molar-refractivity contribution is 6.14. The molecule has 3 atom stereocenters. The van der Waals surface area contributed by atoms with Crippen molar-refractivity contribution in [2.75, 3.05) is 23.8 Å². The molecule has 0 unspecified atom stereocenters. The molecule has 11 heteroatoms. The van der Waals surface area contributed by atoms with E-state index in [4.69, 9.17) is 15.5 Å². The summed E-state index contributed by atoms with van der Waals surface area (Å²) in [4.78, 5) is 19.3. The topological polar surface area (TPSA) is 122 Å². The number of nitrogens with two attached hydrogens (primary N) is 1. The lowest BCUT2D eigenvalue weighted by Crippen LogP contribution is -2.30. The van der Waals surface area contributed by atoms with Crippen molar-refractivity contribution in [1.29, 1.82) is 0 Å². The van der Waals surface area contributed by atoms with E-state index < -0.39 is 0 Å². The lowest BCUT2D eigenvalue weighted by molar-refractivity contribution is 0.438. The third-order valence-electron chi connectivity index (χ3n) is 7.23. The summed E-state index contributed by atoms with van der Waals surface area (Å²) < 4.78 is 22.2. The fourth-order valence-corrected chi connectivity index (χ4v) is 5.26. The van der Waals surface area contributed by atoms with Gasteiger partial charge in [-0.15, -0.1) is 0 Å². The van der Waals surface area contributed by atoms with Crippen LogP contribution in [0.1, 0.15) is 13.3 Å². The van der Waals surface area contributed by atoms with Gasteiger partial charge in [-0.1, -0.05) is 6.92 Å². The summed E-state index contributed by atoms with van der Waals surface area (Å²) in [7, 11) is 1.76. The Morgan fingerprint density at radius 1 is 1.32 bits per heavy atom. The van der Waals surface area contributed by atoms with Crippen molar-refractivity contribution in [3.05, 3.63) is 42.6 Å². The van der Waals surface area contributed by atoms with E-state index in [2.05, 4.69) is 37.2 Å². The largest absolute Gasteiger partial charge is 0.421 e. The van der Waals surface area contributed by atoms with E-state index in [1.54, 1.807) is 36.2 Å². The SMILES string of the molecule is CNc1cc(F)cc2c1[nH]c1nc(Oc3cnc4ccnn4c3)nc(N3C[C@@H](C)[C@@]4(N)C[C@H]34)c12. The molecule has 5 aromatic rings. The van der Waals surface area contributed by atoms with Gasteiger partial charge >= 0.3 is 6.01 Å². The zero-order valence-electron chi connectivity index (χ0n) is 18.6. The predicted molar refractivity (Wildman–Crippen MR) is 126 cm³/mol. The minimum atomic E-state index is -0.336. The van der Waals surface area contributed by atoms with E-state index in [0.717, 1.165) is 23.9 Å². The number of nitrogens with zero attached hydrogens (tertiary/aromatic N) is 6. The van der Waals surface area contributed by atoms with Crippen molar-refractivity contribution in [2.45, 2.75) is 24.9 Å². The molecule has 172 valence electrons. The number of hydrogen-bond donors (Lipinski definition) is 3. The van der Waals surface area contributed by atoms with Gasteiger partial charge in [0.2, 0.25) is 0 Å². The van der Waals surface area contributed by atoms with Gasteiger partial charge in [-0.3, -0.25) is 0 Å². The molecule has 0 spiro atoms. The molecule has 4 aromatic heterocycles. The standard InChI is InChI=1S/C23H22FN9O/c1-11-9-32(16-7-23(11,16)25)21-18-14-5-12(24)6-15(26-2)19(14)29-20(18)30-22(31-21)34-13-8-27-17-3-4-28-33(17)10-13/h3-6,8,10-11,16,26H,7,9,25H2,1-2H3,(H,29,30,31)/t11-,16+,23+/m1/s1. The van der Waals surface area contributed by atoms with Gasteiger partial charge in [-0.25, -0.2) is 13.9 Å². The lowest BCUT2D eigenvalue weighted by Gasteiger charge is -2.21. The maximum atomic E-state index is 14.5. The Morgan fingerprint density at radius 3 is 2.97 bits per heavy atom. The molecule has 1 saturated heterocycles. The summed E-state index contributed by atoms with van der Waals surface area (Å²) >= 11 is 0. The average Bonchev–Trinajstić information content (AvgIpc) is 3.11. The van der Waals surface area contributed by atoms with Crippen molar-refractivity contribution < 1.29 is 9.13 Å². The van der Waals surface area contributed by atoms with Gasteiger partial charge in [-0.2, -0.15) is 15.1 Å². The van der Waals surface area contributed by atoms with Gasteiger partial charge in [0.05, 0.1) is 41.2 Å². The Hall–Kier alpha value is -3.99. The van der Waals surface area contributed by atoms with Crippen LogP contribution in [0.4, 0.5) is 15.9 Å². The Kier molecular flexibility index (Phi) is 3.74. The first-order valence-electron chi connectivity index (χ1n) is 11.2. The highest BCUT2D eigenvalue weighted by atomic mass is 19.1. The second kappa shape index (κ2) is 6.54. The first kappa shape index (κ1) is 19.5. The predicted octanol–water partition coefficient (Wildman–Crippen LogP) is 3.05. The number of halogens is 1. The van der Waals surface area contributed by atoms with Crippen molar-refractivity contribution >= 4 is 39.1 Å². The summed E-state index contributed by atoms with van der Waals surface area (Å²) in [6.45, 7) is 2.92. The Balaban J connectivity index is 1.43. The minimum absolute atomic E-state index is 0.164. The number of hydrogen-bond acceptors (Lipinski definition) is 8. The fraction of sp³-hybridized carbons (Fsp3) is 0.304. The molecule has 34 heavy (non-hydrogen) atoms. The summed E-state index contributed by atoms with van der Waals surface area (Å²) in [5.41, 5.74) is 9.07. The lowest BCUT2D eigenvalue weighted by atomic mass is 10.0. The van der Waals surface area contributed by atoms with Crippen molar-refractivity contribution in [2.24, 2.45) is 11.7 Å². The highest BCUT2D eigenvalue weighted by Gasteiger charge is 2.63. The molecule has 7 rings (SSSR count). The van der Waals surface area contributed by atoms with Crippen LogP contribution in [0.2, 0.25) is 0 Å². The molecule has 1 saturated carbocycles. The molecule has 1 aliphatic carbocycles. The van der Waals surface area contributed by atoms with E-state index in [1.165, 1.54) is 12.1 Å². The number of H-pyrrole nitrogens is 1. The van der Waals surface area contributed by atoms with Crippen LogP contribution in [-0.4, -0.2) is 54.7 Å². The van der Waals surface area contributed by atoms with Crippen LogP contribution in [0.5, 0.6) is 11.8 Å². The maximum absolute atomic E-state index is 14.5. The van der Waals surface area contributed by atoms with Gasteiger partial charge in [0.25, 0.3) is 0 Å². The zero-order valence-corrected chi connectivity index (χ0v) is 18.6. The summed E-state index contributed by atoms with van der Waals surface area (Å²) in [5, 5.41) is 8.72. The van der Waals surface area contributed by atoms with Gasteiger partial charge in [0.15, 0.2) is 11.4 Å². The Morgan fingerprint density at radius 2 is 2.21 bits per heavy atom. The van der Waals surface area contributed by atoms with E-state index in [0.29, 0.717) is 39.9 Å². The second-order valence-electron chi connectivity index (χ2n) is 9.22. The monoisotopic (exact) mass is 459 g/mol. The van der Waals surface area contributed by atoms with Crippen LogP contribution >= 0.6 is 0 Å². The smallest absolute Gasteiger partial charge is 0.326 e. The number of aromatic nitrogens is 6. The molecule has 0 amide bonds. The summed E-state index contributed by atoms with van der Waals surface area (Å²) in [5.74, 6) is 1.12. The van der Waals surface area contributed by atoms with Crippen molar-refractivity contribution in [3.63, 3.8) is 0 Å². The van der Waals surface area contributed by atoms with Gasteiger partial charge in [0.1, 0.15) is 17.3 Å². The van der Waals surface area contributed by atoms with Gasteiger partial charge in [0, 0.05) is 30.6 Å². The number of rotatable bonds is 4. The number of piperidine rings is 1. The second-order valence-corrected chi connectivity index (χ2v) is 9.22. The minimum Gasteiger partial charge on any atom is -0.421 e. The number of anilines is 2. The van der Waals surface area contributed by atoms with E-state index >= 15 is 0 Å². The molecule has 0 bridgehead atoms. The molecular formula is C23H22FN9O. The fourth-order valence-electron chi connectivity index (χ4n) is 5.26. The van der Waals surface area contributed by atoms with Crippen molar-refractivity contribution in [3.8, 4) is 11.8 Å². The highest BCUT2D eigenvalue weighted by Crippen LogP contribution is 2.53. The van der Waals surface area contributed by atoms with Crippen LogP contribution in [0, 0.1) is 11.7 Å². The maximum Gasteiger partial charge on any atom is 0.326 e. The van der Waals surface area contributed by atoms with E-state index in [-0.39, 0.29) is 23.4 Å². The van der Waals surface area contributed by atoms with Gasteiger partial charge in [-0.05, 0) is 24.5 Å². The van der Waals surface area contributed by atoms with Crippen LogP contribution in [-0.2, 0) is 0 Å². The van der Waals surface area contributed by atoms with Gasteiger partial charge < -0.3 is 25.7 Å². The number of nitrogens with one attached hydrogen (secondary N) is 2. The third kappa shape index (κ3) is 2.64. The average molecular weight is 459 g/mol. The zero-order chi connectivity index (χ0) is 23.2.